The van der Waals surface area contributed by atoms with E-state index in [1.807, 2.05) is 12.4 Å². The average molecular weight is 362 g/mol. The van der Waals surface area contributed by atoms with Gasteiger partial charge in [-0.15, -0.1) is 0 Å². The van der Waals surface area contributed by atoms with Gasteiger partial charge in [0, 0.05) is 28.2 Å². The average Bonchev–Trinajstić information content (AvgIpc) is 2.29. The highest BCUT2D eigenvalue weighted by Crippen LogP contribution is 2.25. The van der Waals surface area contributed by atoms with Crippen LogP contribution in [0.1, 0.15) is 25.3 Å². The highest BCUT2D eigenvalue weighted by molar-refractivity contribution is 9.10. The van der Waals surface area contributed by atoms with Gasteiger partial charge in [0.05, 0.1) is 0 Å². The lowest BCUT2D eigenvalue weighted by Gasteiger charge is -2.33. The smallest absolute Gasteiger partial charge is 0.0410 e. The van der Waals surface area contributed by atoms with Gasteiger partial charge in [0.25, 0.3) is 0 Å². The number of aromatic nitrogens is 1. The predicted molar refractivity (Wildman–Crippen MR) is 78.3 cm³/mol. The van der Waals surface area contributed by atoms with Crippen molar-refractivity contribution in [1.29, 1.82) is 0 Å². The number of piperidine rings is 1. The number of nitrogens with zero attached hydrogens (tertiary/aromatic N) is 2. The molecule has 1 aromatic rings. The van der Waals surface area contributed by atoms with Crippen molar-refractivity contribution < 1.29 is 0 Å². The molecule has 1 aromatic heterocycles. The molecule has 1 aliphatic heterocycles. The summed E-state index contributed by atoms with van der Waals surface area (Å²) in [6, 6.07) is 2.16. The summed E-state index contributed by atoms with van der Waals surface area (Å²) < 4.78 is 1.07. The van der Waals surface area contributed by atoms with Gasteiger partial charge >= 0.3 is 0 Å². The minimum atomic E-state index is 0.650. The maximum Gasteiger partial charge on any atom is 0.0410 e. The molecule has 17 heavy (non-hydrogen) atoms. The van der Waals surface area contributed by atoms with Crippen LogP contribution in [0.25, 0.3) is 0 Å². The highest BCUT2D eigenvalue weighted by atomic mass is 79.9. The monoisotopic (exact) mass is 360 g/mol. The molecule has 2 nitrogen and oxygen atoms in total. The second kappa shape index (κ2) is 6.30. The van der Waals surface area contributed by atoms with E-state index in [2.05, 4.69) is 54.7 Å². The summed E-state index contributed by atoms with van der Waals surface area (Å²) in [6.07, 6.45) is 6.40. The number of hydrogen-bond acceptors (Lipinski definition) is 2. The van der Waals surface area contributed by atoms with Crippen LogP contribution in [0.2, 0.25) is 0 Å². The molecule has 0 amide bonds. The lowest BCUT2D eigenvalue weighted by atomic mass is 9.94. The van der Waals surface area contributed by atoms with Crippen molar-refractivity contribution >= 4 is 31.9 Å². The van der Waals surface area contributed by atoms with E-state index in [1.165, 1.54) is 31.5 Å². The van der Waals surface area contributed by atoms with Gasteiger partial charge < -0.3 is 0 Å². The van der Waals surface area contributed by atoms with Crippen molar-refractivity contribution in [3.8, 4) is 0 Å². The molecule has 0 N–H and O–H groups in total. The molecule has 1 atom stereocenters. The van der Waals surface area contributed by atoms with E-state index in [-0.39, 0.29) is 0 Å². The van der Waals surface area contributed by atoms with Crippen LogP contribution < -0.4 is 0 Å². The molecule has 0 spiro atoms. The first kappa shape index (κ1) is 13.5. The Morgan fingerprint density at radius 3 is 2.71 bits per heavy atom. The maximum absolute atomic E-state index is 4.21. The zero-order valence-electron chi connectivity index (χ0n) is 10.1. The van der Waals surface area contributed by atoms with Gasteiger partial charge in [-0.3, -0.25) is 9.88 Å². The molecule has 0 radical (unpaired) electrons. The topological polar surface area (TPSA) is 16.1 Å². The molecule has 2 rings (SSSR count). The number of likely N-dealkylation sites (tertiary alicyclic amines) is 1. The summed E-state index contributed by atoms with van der Waals surface area (Å²) in [5.74, 6) is 0.840. The Bertz CT molecular complexity index is 360. The van der Waals surface area contributed by atoms with Crippen molar-refractivity contribution in [2.75, 3.05) is 13.1 Å². The molecular weight excluding hydrogens is 344 g/mol. The van der Waals surface area contributed by atoms with Crippen LogP contribution >= 0.6 is 31.9 Å². The molecule has 1 unspecified atom stereocenters. The van der Waals surface area contributed by atoms with E-state index in [1.54, 1.807) is 0 Å². The van der Waals surface area contributed by atoms with E-state index in [0.717, 1.165) is 16.9 Å². The van der Waals surface area contributed by atoms with Gasteiger partial charge in [-0.2, -0.15) is 0 Å². The van der Waals surface area contributed by atoms with Crippen molar-refractivity contribution in [3.63, 3.8) is 0 Å². The van der Waals surface area contributed by atoms with E-state index in [4.69, 9.17) is 0 Å². The van der Waals surface area contributed by atoms with Crippen LogP contribution in [0.5, 0.6) is 0 Å². The number of pyridine rings is 1. The van der Waals surface area contributed by atoms with Crippen LogP contribution in [0, 0.1) is 5.92 Å². The normalized spacial score (nSPS) is 20.4. The zero-order chi connectivity index (χ0) is 12.3. The van der Waals surface area contributed by atoms with Crippen molar-refractivity contribution in [2.24, 2.45) is 5.92 Å². The fourth-order valence-electron chi connectivity index (χ4n) is 2.37. The van der Waals surface area contributed by atoms with E-state index in [0.29, 0.717) is 4.83 Å². The zero-order valence-corrected chi connectivity index (χ0v) is 13.2. The van der Waals surface area contributed by atoms with Crippen molar-refractivity contribution in [1.82, 2.24) is 9.88 Å². The van der Waals surface area contributed by atoms with Gasteiger partial charge in [-0.05, 0) is 59.4 Å². The van der Waals surface area contributed by atoms with Crippen LogP contribution in [0.3, 0.4) is 0 Å². The quantitative estimate of drug-likeness (QED) is 0.760. The second-order valence-corrected chi connectivity index (χ2v) is 7.16. The van der Waals surface area contributed by atoms with Gasteiger partial charge in [0.2, 0.25) is 0 Å². The highest BCUT2D eigenvalue weighted by Gasteiger charge is 2.22. The maximum atomic E-state index is 4.21. The second-order valence-electron chi connectivity index (χ2n) is 4.80. The summed E-state index contributed by atoms with van der Waals surface area (Å²) in [5.41, 5.74) is 1.30. The van der Waals surface area contributed by atoms with Crippen LogP contribution in [0.4, 0.5) is 0 Å². The lowest BCUT2D eigenvalue weighted by Crippen LogP contribution is -2.35. The first-order chi connectivity index (χ1) is 8.15. The summed E-state index contributed by atoms with van der Waals surface area (Å²) in [4.78, 5) is 7.39. The molecule has 1 aliphatic rings. The van der Waals surface area contributed by atoms with Gasteiger partial charge in [-0.25, -0.2) is 0 Å². The number of rotatable bonds is 3. The van der Waals surface area contributed by atoms with Crippen molar-refractivity contribution in [3.05, 3.63) is 28.5 Å². The Balaban J connectivity index is 1.86. The predicted octanol–water partition coefficient (Wildman–Crippen LogP) is 3.84. The van der Waals surface area contributed by atoms with Gasteiger partial charge in [0.1, 0.15) is 0 Å². The minimum absolute atomic E-state index is 0.650. The molecule has 1 saturated heterocycles. The Morgan fingerprint density at radius 1 is 1.41 bits per heavy atom. The van der Waals surface area contributed by atoms with E-state index in [9.17, 15) is 0 Å². The molecule has 2 heterocycles. The van der Waals surface area contributed by atoms with Gasteiger partial charge in [-0.1, -0.05) is 22.9 Å². The van der Waals surface area contributed by atoms with Crippen molar-refractivity contribution in [2.45, 2.75) is 31.1 Å². The van der Waals surface area contributed by atoms with Crippen LogP contribution in [-0.2, 0) is 6.54 Å². The Morgan fingerprint density at radius 2 is 2.12 bits per heavy atom. The minimum Gasteiger partial charge on any atom is -0.299 e. The summed E-state index contributed by atoms with van der Waals surface area (Å²) in [7, 11) is 0. The summed E-state index contributed by atoms with van der Waals surface area (Å²) in [6.45, 7) is 5.69. The summed E-state index contributed by atoms with van der Waals surface area (Å²) >= 11 is 7.17. The first-order valence-electron chi connectivity index (χ1n) is 6.11. The number of hydrogen-bond donors (Lipinski definition) is 0. The Labute approximate surface area is 120 Å². The molecule has 4 heteroatoms. The third kappa shape index (κ3) is 4.04. The van der Waals surface area contributed by atoms with Crippen LogP contribution in [-0.4, -0.2) is 27.8 Å². The molecule has 1 fully saturated rings. The molecule has 0 bridgehead atoms. The number of alkyl halides is 1. The third-order valence-electron chi connectivity index (χ3n) is 3.45. The lowest BCUT2D eigenvalue weighted by molar-refractivity contribution is 0.178. The third-order valence-corrected chi connectivity index (χ3v) is 4.63. The van der Waals surface area contributed by atoms with E-state index >= 15 is 0 Å². The SMILES string of the molecule is CC(Br)C1CCN(Cc2cncc(Br)c2)CC1. The molecular formula is C13H18Br2N2. The molecule has 0 aliphatic carbocycles. The van der Waals surface area contributed by atoms with Crippen LogP contribution in [0.15, 0.2) is 22.9 Å². The largest absolute Gasteiger partial charge is 0.299 e. The van der Waals surface area contributed by atoms with Gasteiger partial charge in [0.15, 0.2) is 0 Å². The fourth-order valence-corrected chi connectivity index (χ4v) is 3.31. The van der Waals surface area contributed by atoms with E-state index < -0.39 is 0 Å². The standard InChI is InChI=1S/C13H18Br2N2/c1-10(14)12-2-4-17(5-3-12)9-11-6-13(15)8-16-7-11/h6-8,10,12H,2-5,9H2,1H3. The number of halogens is 2. The Kier molecular flexibility index (Phi) is 5.00. The Hall–Kier alpha value is 0.0700. The molecule has 0 saturated carbocycles. The fraction of sp³-hybridized carbons (Fsp3) is 0.615. The summed E-state index contributed by atoms with van der Waals surface area (Å²) in [5, 5.41) is 0. The first-order valence-corrected chi connectivity index (χ1v) is 7.82. The molecule has 0 aromatic carbocycles. The molecule has 94 valence electrons.